The summed E-state index contributed by atoms with van der Waals surface area (Å²) in [5, 5.41) is 0.762. The fourth-order valence-corrected chi connectivity index (χ4v) is 4.27. The van der Waals surface area contributed by atoms with Crippen LogP contribution in [0.2, 0.25) is 0 Å². The number of hydrogen-bond acceptors (Lipinski definition) is 2. The number of hydrogen-bond donors (Lipinski definition) is 0. The van der Waals surface area contributed by atoms with Crippen LogP contribution in [0.5, 0.6) is 0 Å². The molecule has 0 saturated carbocycles. The van der Waals surface area contributed by atoms with Gasteiger partial charge < -0.3 is 9.47 Å². The van der Waals surface area contributed by atoms with E-state index >= 15 is 0 Å². The van der Waals surface area contributed by atoms with Gasteiger partial charge in [-0.1, -0.05) is 0 Å². The van der Waals surface area contributed by atoms with E-state index in [-0.39, 0.29) is 0 Å². The smallest absolute Gasteiger partial charge is 0.242 e. The van der Waals surface area contributed by atoms with Gasteiger partial charge in [-0.15, -0.1) is 0 Å². The van der Waals surface area contributed by atoms with E-state index in [2.05, 4.69) is 11.2 Å². The van der Waals surface area contributed by atoms with Crippen LogP contribution in [0.25, 0.3) is 0 Å². The molecule has 2 aliphatic heterocycles. The zero-order valence-electron chi connectivity index (χ0n) is 10.8. The molecule has 0 radical (unpaired) electrons. The lowest BCUT2D eigenvalue weighted by atomic mass is 10.0. The van der Waals surface area contributed by atoms with Crippen molar-refractivity contribution in [1.82, 2.24) is 9.47 Å². The predicted octanol–water partition coefficient (Wildman–Crippen LogP) is 2.37. The van der Waals surface area contributed by atoms with Crippen molar-refractivity contribution in [3.63, 3.8) is 0 Å². The molecule has 0 aliphatic carbocycles. The number of nitrogens with zero attached hydrogens (tertiary/aromatic N) is 2. The Balaban J connectivity index is 1.68. The molecule has 3 nitrogen and oxygen atoms in total. The van der Waals surface area contributed by atoms with Crippen molar-refractivity contribution in [3.8, 4) is 0 Å². The van der Waals surface area contributed by atoms with E-state index in [0.29, 0.717) is 24.5 Å². The maximum absolute atomic E-state index is 12.4. The molecule has 3 heterocycles. The average molecular weight is 264 g/mol. The average Bonchev–Trinajstić information content (AvgIpc) is 2.95. The molecule has 2 fully saturated rings. The minimum Gasteiger partial charge on any atom is -0.345 e. The van der Waals surface area contributed by atoms with Crippen LogP contribution in [0.15, 0.2) is 24.5 Å². The van der Waals surface area contributed by atoms with Gasteiger partial charge in [0.25, 0.3) is 0 Å². The summed E-state index contributed by atoms with van der Waals surface area (Å²) in [7, 11) is 0. The summed E-state index contributed by atoms with van der Waals surface area (Å²) in [4.78, 5) is 14.6. The van der Waals surface area contributed by atoms with Gasteiger partial charge in [-0.2, -0.15) is 11.8 Å². The monoisotopic (exact) mass is 264 g/mol. The van der Waals surface area contributed by atoms with E-state index in [9.17, 15) is 4.79 Å². The molecule has 0 spiro atoms. The number of carbonyl (C=O) groups is 1. The molecule has 3 rings (SSSR count). The molecule has 4 heteroatoms. The Kier molecular flexibility index (Phi) is 3.37. The third-order valence-corrected chi connectivity index (χ3v) is 5.35. The number of amides is 1. The van der Waals surface area contributed by atoms with Gasteiger partial charge in [0, 0.05) is 29.7 Å². The Hall–Kier alpha value is -0.900. The first-order valence-electron chi connectivity index (χ1n) is 6.72. The Bertz CT molecular complexity index is 403. The highest BCUT2D eigenvalue weighted by molar-refractivity contribution is 7.99. The molecule has 2 bridgehead atoms. The van der Waals surface area contributed by atoms with E-state index in [1.807, 2.05) is 40.9 Å². The van der Waals surface area contributed by atoms with E-state index in [0.717, 1.165) is 5.25 Å². The summed E-state index contributed by atoms with van der Waals surface area (Å²) in [5.74, 6) is 0.304. The molecule has 2 aliphatic rings. The minimum absolute atomic E-state index is 0.304. The molecule has 0 N–H and O–H groups in total. The van der Waals surface area contributed by atoms with Crippen LogP contribution in [0.1, 0.15) is 25.7 Å². The molecule has 1 aromatic rings. The first-order chi connectivity index (χ1) is 8.78. The van der Waals surface area contributed by atoms with Crippen LogP contribution in [-0.4, -0.2) is 39.0 Å². The van der Waals surface area contributed by atoms with E-state index in [4.69, 9.17) is 0 Å². The van der Waals surface area contributed by atoms with Gasteiger partial charge >= 0.3 is 0 Å². The standard InChI is InChI=1S/C14H20N2OS/c1-18-13-8-11-4-5-12(9-13)16(11)14(17)10-15-6-2-3-7-15/h2-3,6-7,11-13H,4-5,8-10H2,1H3/t11-,12+,13?. The lowest BCUT2D eigenvalue weighted by Gasteiger charge is -2.38. The highest BCUT2D eigenvalue weighted by Gasteiger charge is 2.42. The Morgan fingerprint density at radius 3 is 2.39 bits per heavy atom. The topological polar surface area (TPSA) is 25.2 Å². The predicted molar refractivity (Wildman–Crippen MR) is 74.6 cm³/mol. The maximum Gasteiger partial charge on any atom is 0.242 e. The fourth-order valence-electron chi connectivity index (χ4n) is 3.44. The van der Waals surface area contributed by atoms with Crippen LogP contribution < -0.4 is 0 Å². The van der Waals surface area contributed by atoms with Crippen LogP contribution in [-0.2, 0) is 11.3 Å². The summed E-state index contributed by atoms with van der Waals surface area (Å²) in [6.45, 7) is 0.504. The van der Waals surface area contributed by atoms with Crippen molar-refractivity contribution >= 4 is 17.7 Å². The van der Waals surface area contributed by atoms with Gasteiger partial charge in [0.15, 0.2) is 0 Å². The molecule has 98 valence electrons. The number of piperidine rings is 1. The van der Waals surface area contributed by atoms with Crippen molar-refractivity contribution in [2.75, 3.05) is 6.26 Å². The first kappa shape index (κ1) is 12.2. The summed E-state index contributed by atoms with van der Waals surface area (Å²) in [6, 6.07) is 4.96. The summed E-state index contributed by atoms with van der Waals surface area (Å²) >= 11 is 1.97. The largest absolute Gasteiger partial charge is 0.345 e. The summed E-state index contributed by atoms with van der Waals surface area (Å²) in [6.07, 6.45) is 10.9. The van der Waals surface area contributed by atoms with Crippen molar-refractivity contribution in [2.24, 2.45) is 0 Å². The normalized spacial score (nSPS) is 30.7. The van der Waals surface area contributed by atoms with Crippen LogP contribution in [0, 0.1) is 0 Å². The molecule has 2 saturated heterocycles. The second-order valence-electron chi connectivity index (χ2n) is 5.37. The number of rotatable bonds is 3. The lowest BCUT2D eigenvalue weighted by molar-refractivity contribution is -0.136. The number of carbonyl (C=O) groups excluding carboxylic acids is 1. The van der Waals surface area contributed by atoms with E-state index < -0.39 is 0 Å². The first-order valence-corrected chi connectivity index (χ1v) is 8.01. The Morgan fingerprint density at radius 1 is 1.22 bits per heavy atom. The Labute approximate surface area is 113 Å². The molecule has 0 aromatic carbocycles. The molecular weight excluding hydrogens is 244 g/mol. The van der Waals surface area contributed by atoms with Crippen molar-refractivity contribution in [2.45, 2.75) is 49.6 Å². The van der Waals surface area contributed by atoms with E-state index in [1.165, 1.54) is 25.7 Å². The molecule has 18 heavy (non-hydrogen) atoms. The molecular formula is C14H20N2OS. The molecule has 1 unspecified atom stereocenters. The molecule has 1 aromatic heterocycles. The third-order valence-electron chi connectivity index (χ3n) is 4.30. The van der Waals surface area contributed by atoms with Crippen LogP contribution in [0.3, 0.4) is 0 Å². The SMILES string of the molecule is CSC1C[C@H]2CC[C@@H](C1)N2C(=O)Cn1cccc1. The highest BCUT2D eigenvalue weighted by Crippen LogP contribution is 2.39. The molecule has 3 atom stereocenters. The highest BCUT2D eigenvalue weighted by atomic mass is 32.2. The van der Waals surface area contributed by atoms with Crippen molar-refractivity contribution in [3.05, 3.63) is 24.5 Å². The number of thioether (sulfide) groups is 1. The molecule has 1 amide bonds. The summed E-state index contributed by atoms with van der Waals surface area (Å²) in [5.41, 5.74) is 0. The summed E-state index contributed by atoms with van der Waals surface area (Å²) < 4.78 is 1.97. The van der Waals surface area contributed by atoms with Gasteiger partial charge in [-0.05, 0) is 44.1 Å². The number of aromatic nitrogens is 1. The van der Waals surface area contributed by atoms with Gasteiger partial charge in [-0.25, -0.2) is 0 Å². The van der Waals surface area contributed by atoms with E-state index in [1.54, 1.807) is 0 Å². The van der Waals surface area contributed by atoms with Gasteiger partial charge in [0.05, 0.1) is 0 Å². The van der Waals surface area contributed by atoms with Crippen molar-refractivity contribution < 1.29 is 4.79 Å². The second kappa shape index (κ2) is 5.00. The van der Waals surface area contributed by atoms with Crippen molar-refractivity contribution in [1.29, 1.82) is 0 Å². The zero-order chi connectivity index (χ0) is 12.5. The minimum atomic E-state index is 0.304. The van der Waals surface area contributed by atoms with Crippen LogP contribution in [0.4, 0.5) is 0 Å². The van der Waals surface area contributed by atoms with Crippen LogP contribution >= 0.6 is 11.8 Å². The van der Waals surface area contributed by atoms with Gasteiger partial charge in [0.1, 0.15) is 6.54 Å². The number of fused-ring (bicyclic) bond motifs is 2. The third kappa shape index (κ3) is 2.18. The van der Waals surface area contributed by atoms with Gasteiger partial charge in [-0.3, -0.25) is 4.79 Å². The maximum atomic E-state index is 12.4. The Morgan fingerprint density at radius 2 is 1.83 bits per heavy atom. The zero-order valence-corrected chi connectivity index (χ0v) is 11.6. The van der Waals surface area contributed by atoms with Gasteiger partial charge in [0.2, 0.25) is 5.91 Å². The fraction of sp³-hybridized carbons (Fsp3) is 0.643. The quantitative estimate of drug-likeness (QED) is 0.837. The lowest BCUT2D eigenvalue weighted by Crippen LogP contribution is -2.48. The second-order valence-corrected chi connectivity index (χ2v) is 6.51.